The molecule has 1 aliphatic heterocycles. The van der Waals surface area contributed by atoms with Crippen molar-refractivity contribution in [2.24, 2.45) is 9.98 Å². The van der Waals surface area contributed by atoms with Crippen molar-refractivity contribution in [1.82, 2.24) is 0 Å². The summed E-state index contributed by atoms with van der Waals surface area (Å²) >= 11 is 5.31. The van der Waals surface area contributed by atoms with Crippen molar-refractivity contribution in [2.75, 3.05) is 0 Å². The Kier molecular flexibility index (Phi) is 1.81. The van der Waals surface area contributed by atoms with Gasteiger partial charge in [0.1, 0.15) is 16.4 Å². The molecule has 0 saturated heterocycles. The molecule has 0 N–H and O–H groups in total. The number of allylic oxidation sites excluding steroid dienone is 3. The minimum Gasteiger partial charge on any atom is -0.283 e. The van der Waals surface area contributed by atoms with E-state index in [1.807, 2.05) is 0 Å². The second-order valence-corrected chi connectivity index (χ2v) is 2.84. The van der Waals surface area contributed by atoms with E-state index >= 15 is 0 Å². The number of aliphatic imine (C=N–C) groups is 2. The number of rotatable bonds is 0. The zero-order chi connectivity index (χ0) is 10.5. The highest BCUT2D eigenvalue weighted by atomic mass is 35.5. The third-order valence-corrected chi connectivity index (χ3v) is 1.98. The summed E-state index contributed by atoms with van der Waals surface area (Å²) in [6.45, 7) is 0. The molecular weight excluding hydrogens is 221 g/mol. The van der Waals surface area contributed by atoms with Gasteiger partial charge in [-0.05, 0) is 0 Å². The highest BCUT2D eigenvalue weighted by molar-refractivity contribution is 6.51. The van der Waals surface area contributed by atoms with Gasteiger partial charge in [-0.25, -0.2) is 8.78 Å². The molecule has 0 amide bonds. The van der Waals surface area contributed by atoms with Gasteiger partial charge < -0.3 is 0 Å². The highest BCUT2D eigenvalue weighted by Crippen LogP contribution is 2.32. The molecule has 2 aliphatic rings. The molecule has 0 aromatic heterocycles. The first-order valence-corrected chi connectivity index (χ1v) is 3.73. The number of carbonyl (C=O) groups excluding carboxylic acids is 1. The number of carbonyl (C=O) groups is 1. The van der Waals surface area contributed by atoms with Crippen LogP contribution in [-0.4, -0.2) is 17.6 Å². The summed E-state index contributed by atoms with van der Waals surface area (Å²) in [5, 5.41) is -0.720. The zero-order valence-corrected chi connectivity index (χ0v) is 7.07. The minimum absolute atomic E-state index is 0.487. The topological polar surface area (TPSA) is 41.8 Å². The summed E-state index contributed by atoms with van der Waals surface area (Å²) in [5.41, 5.74) is -1.14. The number of hydrogen-bond donors (Lipinski definition) is 0. The second-order valence-electron chi connectivity index (χ2n) is 2.46. The molecule has 0 aromatic carbocycles. The van der Waals surface area contributed by atoms with Crippen LogP contribution >= 0.6 is 11.6 Å². The Morgan fingerprint density at radius 3 is 2.36 bits per heavy atom. The number of hydrogen-bond acceptors (Lipinski definition) is 3. The molecule has 0 saturated carbocycles. The summed E-state index contributed by atoms with van der Waals surface area (Å²) in [7, 11) is 0. The third kappa shape index (κ3) is 1.04. The van der Waals surface area contributed by atoms with Crippen molar-refractivity contribution in [1.29, 1.82) is 0 Å². The van der Waals surface area contributed by atoms with Crippen LogP contribution in [0.5, 0.6) is 0 Å². The van der Waals surface area contributed by atoms with Crippen LogP contribution in [0, 0.1) is 0 Å². The normalized spacial score (nSPS) is 21.3. The van der Waals surface area contributed by atoms with E-state index in [9.17, 15) is 18.0 Å². The van der Waals surface area contributed by atoms with E-state index in [-0.39, 0.29) is 0 Å². The van der Waals surface area contributed by atoms with Gasteiger partial charge in [0, 0.05) is 0 Å². The van der Waals surface area contributed by atoms with Crippen molar-refractivity contribution in [3.05, 3.63) is 22.4 Å². The lowest BCUT2D eigenvalue weighted by molar-refractivity contribution is -0.115. The van der Waals surface area contributed by atoms with Crippen molar-refractivity contribution in [2.45, 2.75) is 0 Å². The maximum absolute atomic E-state index is 13.0. The maximum Gasteiger partial charge on any atom is 0.309 e. The van der Waals surface area contributed by atoms with Crippen LogP contribution in [0.15, 0.2) is 32.4 Å². The fraction of sp³-hybridized carbons (Fsp3) is 0. The van der Waals surface area contributed by atoms with Crippen LogP contribution < -0.4 is 0 Å². The van der Waals surface area contributed by atoms with E-state index in [0.29, 0.717) is 0 Å². The van der Waals surface area contributed by atoms with Gasteiger partial charge in [0.05, 0.1) is 0 Å². The van der Waals surface area contributed by atoms with Crippen molar-refractivity contribution in [3.63, 3.8) is 0 Å². The van der Waals surface area contributed by atoms with Gasteiger partial charge in [0.15, 0.2) is 5.83 Å². The Labute approximate surface area is 80.3 Å². The predicted molar refractivity (Wildman–Crippen MR) is 43.1 cm³/mol. The number of nitrogens with zero attached hydrogens (tertiary/aromatic N) is 2. The molecule has 72 valence electrons. The third-order valence-electron chi connectivity index (χ3n) is 1.64. The molecule has 3 nitrogen and oxygen atoms in total. The average molecular weight is 221 g/mol. The van der Waals surface area contributed by atoms with Crippen molar-refractivity contribution in [3.8, 4) is 0 Å². The van der Waals surface area contributed by atoms with Crippen LogP contribution in [0.3, 0.4) is 0 Å². The molecule has 1 heterocycles. The van der Waals surface area contributed by atoms with Crippen LogP contribution in [0.1, 0.15) is 0 Å². The summed E-state index contributed by atoms with van der Waals surface area (Å²) in [4.78, 5) is 16.8. The number of amidine groups is 1. The Bertz CT molecular complexity index is 475. The lowest BCUT2D eigenvalue weighted by atomic mass is 10.1. The summed E-state index contributed by atoms with van der Waals surface area (Å²) < 4.78 is 38.3. The fourth-order valence-corrected chi connectivity index (χ4v) is 1.25. The first-order valence-electron chi connectivity index (χ1n) is 3.35. The van der Waals surface area contributed by atoms with Crippen LogP contribution in [0.4, 0.5) is 13.2 Å². The largest absolute Gasteiger partial charge is 0.309 e. The van der Waals surface area contributed by atoms with Crippen LogP contribution in [-0.2, 0) is 4.79 Å². The smallest absolute Gasteiger partial charge is 0.283 e. The van der Waals surface area contributed by atoms with E-state index in [2.05, 4.69) is 9.98 Å². The standard InChI is InChI=1S/C7ClF3N2O/c8-1-2(9)6(14)3(10)5-4(1)12-7(11)13-5. The van der Waals surface area contributed by atoms with E-state index in [0.717, 1.165) is 0 Å². The molecule has 0 fully saturated rings. The van der Waals surface area contributed by atoms with E-state index in [4.69, 9.17) is 11.6 Å². The molecule has 0 radical (unpaired) electrons. The lowest BCUT2D eigenvalue weighted by Gasteiger charge is -2.08. The van der Waals surface area contributed by atoms with E-state index < -0.39 is 40.0 Å². The van der Waals surface area contributed by atoms with Gasteiger partial charge >= 0.3 is 6.09 Å². The number of halogens is 4. The molecule has 0 aromatic rings. The summed E-state index contributed by atoms with van der Waals surface area (Å²) in [5.74, 6) is -4.52. The number of ketones is 1. The zero-order valence-electron chi connectivity index (χ0n) is 6.31. The fourth-order valence-electron chi connectivity index (χ4n) is 1.03. The molecule has 14 heavy (non-hydrogen) atoms. The monoisotopic (exact) mass is 220 g/mol. The Hall–Kier alpha value is -1.43. The molecule has 0 unspecified atom stereocenters. The van der Waals surface area contributed by atoms with Gasteiger partial charge in [-0.1, -0.05) is 11.6 Å². The van der Waals surface area contributed by atoms with Gasteiger partial charge in [0.2, 0.25) is 5.83 Å². The average Bonchev–Trinajstić information content (AvgIpc) is 2.54. The SMILES string of the molecule is O=C1C(F)=C(Cl)C2=NC(F)=NC2=C1F. The van der Waals surface area contributed by atoms with Gasteiger partial charge in [0.25, 0.3) is 5.78 Å². The van der Waals surface area contributed by atoms with Gasteiger partial charge in [-0.3, -0.25) is 4.79 Å². The maximum atomic E-state index is 13.0. The number of Topliss-reactive ketones (excluding diaryl/α,β-unsaturated/α-hetero) is 1. The molecule has 0 atom stereocenters. The molecule has 0 bridgehead atoms. The minimum atomic E-state index is -1.54. The van der Waals surface area contributed by atoms with E-state index in [1.165, 1.54) is 0 Å². The van der Waals surface area contributed by atoms with Crippen molar-refractivity contribution < 1.29 is 18.0 Å². The van der Waals surface area contributed by atoms with Gasteiger partial charge in [-0.15, -0.1) is 0 Å². The molecule has 1 aliphatic carbocycles. The molecular formula is C7ClF3N2O. The quantitative estimate of drug-likeness (QED) is 0.454. The Morgan fingerprint density at radius 1 is 1.07 bits per heavy atom. The Morgan fingerprint density at radius 2 is 1.71 bits per heavy atom. The molecule has 0 spiro atoms. The predicted octanol–water partition coefficient (Wildman–Crippen LogP) is 1.95. The van der Waals surface area contributed by atoms with Crippen LogP contribution in [0.2, 0.25) is 0 Å². The molecule has 7 heteroatoms. The van der Waals surface area contributed by atoms with Crippen molar-refractivity contribution >= 4 is 29.2 Å². The van der Waals surface area contributed by atoms with Crippen LogP contribution in [0.25, 0.3) is 0 Å². The summed E-state index contributed by atoms with van der Waals surface area (Å²) in [6.07, 6.45) is -1.26. The lowest BCUT2D eigenvalue weighted by Crippen LogP contribution is -2.16. The van der Waals surface area contributed by atoms with E-state index in [1.54, 1.807) is 0 Å². The summed E-state index contributed by atoms with van der Waals surface area (Å²) in [6, 6.07) is 0. The second kappa shape index (κ2) is 2.78. The molecule has 2 rings (SSSR count). The Balaban J connectivity index is 2.68. The first kappa shape index (κ1) is 9.14. The first-order chi connectivity index (χ1) is 6.52. The number of fused-ring (bicyclic) bond motifs is 1. The van der Waals surface area contributed by atoms with Gasteiger partial charge in [-0.2, -0.15) is 14.4 Å². The highest BCUT2D eigenvalue weighted by Gasteiger charge is 2.36.